The van der Waals surface area contributed by atoms with E-state index in [1.807, 2.05) is 39.8 Å². The van der Waals surface area contributed by atoms with Crippen LogP contribution in [0.2, 0.25) is 0 Å². The Bertz CT molecular complexity index is 1310. The summed E-state index contributed by atoms with van der Waals surface area (Å²) in [5.74, 6) is -0.198. The second-order valence-electron chi connectivity index (χ2n) is 10.5. The summed E-state index contributed by atoms with van der Waals surface area (Å²) in [6.45, 7) is 20.7. The van der Waals surface area contributed by atoms with Crippen molar-refractivity contribution in [3.63, 3.8) is 0 Å². The number of aromatic nitrogens is 1. The van der Waals surface area contributed by atoms with E-state index in [4.69, 9.17) is 4.74 Å². The molecule has 0 unspecified atom stereocenters. The number of amides is 1. The molecule has 1 saturated heterocycles. The molecule has 204 valence electrons. The van der Waals surface area contributed by atoms with E-state index in [1.165, 1.54) is 5.57 Å². The molecule has 3 rings (SSSR count). The summed E-state index contributed by atoms with van der Waals surface area (Å²) in [4.78, 5) is 31.4. The fraction of sp³-hybridized carbons (Fsp3) is 0.438. The molecule has 0 aliphatic carbocycles. The smallest absolute Gasteiger partial charge is 0.253 e. The van der Waals surface area contributed by atoms with Gasteiger partial charge in [-0.05, 0) is 102 Å². The van der Waals surface area contributed by atoms with Crippen molar-refractivity contribution in [2.24, 2.45) is 0 Å². The lowest BCUT2D eigenvalue weighted by atomic mass is 9.92. The van der Waals surface area contributed by atoms with Crippen LogP contribution in [0.3, 0.4) is 0 Å². The fourth-order valence-electron chi connectivity index (χ4n) is 5.11. The number of nitrogens with zero attached hydrogens (tertiary/aromatic N) is 1. The van der Waals surface area contributed by atoms with E-state index in [2.05, 4.69) is 60.8 Å². The lowest BCUT2D eigenvalue weighted by Gasteiger charge is -2.37. The standard InChI is InChI=1S/C32H43N3O3/c1-9-35(26-12-14-38-15-13-26)30-18-25(27(21(4)5)11-10-20(2)3)17-28(24(30)8)31(36)33-19-29-22(6)16-23(7)34-32(29)37/h10-11,16-18,26H,4,9,12-15,19H2,1-3,5-8H3,(H,33,36)(H,34,37). The van der Waals surface area contributed by atoms with Crippen LogP contribution in [0, 0.1) is 20.8 Å². The van der Waals surface area contributed by atoms with Crippen LogP contribution in [0.5, 0.6) is 0 Å². The van der Waals surface area contributed by atoms with Gasteiger partial charge in [0.2, 0.25) is 0 Å². The molecular formula is C32H43N3O3. The van der Waals surface area contributed by atoms with Crippen LogP contribution >= 0.6 is 0 Å². The summed E-state index contributed by atoms with van der Waals surface area (Å²) in [6, 6.07) is 6.42. The maximum Gasteiger partial charge on any atom is 0.253 e. The number of anilines is 1. The van der Waals surface area contributed by atoms with E-state index in [9.17, 15) is 9.59 Å². The van der Waals surface area contributed by atoms with Crippen LogP contribution in [-0.2, 0) is 11.3 Å². The van der Waals surface area contributed by atoms with Gasteiger partial charge >= 0.3 is 0 Å². The van der Waals surface area contributed by atoms with Gasteiger partial charge in [0, 0.05) is 54.9 Å². The van der Waals surface area contributed by atoms with Crippen LogP contribution in [0.1, 0.15) is 78.8 Å². The quantitative estimate of drug-likeness (QED) is 0.391. The average Bonchev–Trinajstić information content (AvgIpc) is 2.85. The largest absolute Gasteiger partial charge is 0.381 e. The molecule has 1 aromatic heterocycles. The molecule has 6 nitrogen and oxygen atoms in total. The minimum absolute atomic E-state index is 0.164. The Labute approximate surface area is 227 Å². The number of H-pyrrole nitrogens is 1. The molecule has 1 amide bonds. The van der Waals surface area contributed by atoms with Crippen molar-refractivity contribution in [3.05, 3.63) is 91.9 Å². The molecule has 0 spiro atoms. The monoisotopic (exact) mass is 517 g/mol. The highest BCUT2D eigenvalue weighted by molar-refractivity contribution is 5.99. The number of benzene rings is 1. The van der Waals surface area contributed by atoms with E-state index in [-0.39, 0.29) is 18.0 Å². The first-order valence-corrected chi connectivity index (χ1v) is 13.5. The lowest BCUT2D eigenvalue weighted by Crippen LogP contribution is -2.40. The second kappa shape index (κ2) is 12.9. The van der Waals surface area contributed by atoms with Crippen LogP contribution in [0.4, 0.5) is 5.69 Å². The van der Waals surface area contributed by atoms with Crippen LogP contribution < -0.4 is 15.8 Å². The number of ether oxygens (including phenoxy) is 1. The predicted octanol–water partition coefficient (Wildman–Crippen LogP) is 6.16. The summed E-state index contributed by atoms with van der Waals surface area (Å²) in [5, 5.41) is 3.02. The number of aromatic amines is 1. The Kier molecular flexibility index (Phi) is 9.92. The van der Waals surface area contributed by atoms with E-state index >= 15 is 0 Å². The number of carbonyl (C=O) groups is 1. The number of rotatable bonds is 9. The molecule has 1 aromatic carbocycles. The van der Waals surface area contributed by atoms with E-state index in [0.29, 0.717) is 17.2 Å². The van der Waals surface area contributed by atoms with Gasteiger partial charge in [-0.1, -0.05) is 29.9 Å². The van der Waals surface area contributed by atoms with Crippen molar-refractivity contribution in [1.82, 2.24) is 10.3 Å². The zero-order valence-corrected chi connectivity index (χ0v) is 24.1. The van der Waals surface area contributed by atoms with Crippen molar-refractivity contribution in [2.75, 3.05) is 24.7 Å². The summed E-state index contributed by atoms with van der Waals surface area (Å²) < 4.78 is 5.62. The van der Waals surface area contributed by atoms with Gasteiger partial charge in [-0.2, -0.15) is 0 Å². The van der Waals surface area contributed by atoms with Crippen molar-refractivity contribution in [3.8, 4) is 0 Å². The normalized spacial score (nSPS) is 14.2. The summed E-state index contributed by atoms with van der Waals surface area (Å²) in [6.07, 6.45) is 6.06. The first-order chi connectivity index (χ1) is 18.0. The molecule has 2 aromatic rings. The summed E-state index contributed by atoms with van der Waals surface area (Å²) >= 11 is 0. The van der Waals surface area contributed by atoms with Gasteiger partial charge in [-0.3, -0.25) is 9.59 Å². The van der Waals surface area contributed by atoms with Gasteiger partial charge in [0.25, 0.3) is 11.5 Å². The molecule has 0 atom stereocenters. The summed E-state index contributed by atoms with van der Waals surface area (Å²) in [7, 11) is 0. The van der Waals surface area contributed by atoms with Crippen molar-refractivity contribution >= 4 is 17.2 Å². The van der Waals surface area contributed by atoms with Crippen molar-refractivity contribution in [1.29, 1.82) is 0 Å². The van der Waals surface area contributed by atoms with Gasteiger partial charge < -0.3 is 19.9 Å². The molecule has 0 radical (unpaired) electrons. The van der Waals surface area contributed by atoms with Crippen molar-refractivity contribution in [2.45, 2.75) is 73.9 Å². The second-order valence-corrected chi connectivity index (χ2v) is 10.5. The molecule has 38 heavy (non-hydrogen) atoms. The zero-order valence-electron chi connectivity index (χ0n) is 24.1. The van der Waals surface area contributed by atoms with Crippen LogP contribution in [0.15, 0.2) is 52.9 Å². The topological polar surface area (TPSA) is 74.4 Å². The molecule has 1 aliphatic heterocycles. The lowest BCUT2D eigenvalue weighted by molar-refractivity contribution is 0.0845. The number of nitrogens with one attached hydrogen (secondary N) is 2. The number of pyridine rings is 1. The maximum absolute atomic E-state index is 13.7. The predicted molar refractivity (Wildman–Crippen MR) is 158 cm³/mol. The number of hydrogen-bond acceptors (Lipinski definition) is 4. The Hall–Kier alpha value is -3.38. The minimum atomic E-state index is -0.198. The average molecular weight is 518 g/mol. The Morgan fingerprint density at radius 2 is 1.82 bits per heavy atom. The van der Waals surface area contributed by atoms with E-state index in [0.717, 1.165) is 71.8 Å². The third kappa shape index (κ3) is 6.93. The maximum atomic E-state index is 13.7. The molecule has 1 fully saturated rings. The number of hydrogen-bond donors (Lipinski definition) is 2. The number of aryl methyl sites for hydroxylation is 2. The Balaban J connectivity index is 2.10. The highest BCUT2D eigenvalue weighted by atomic mass is 16.5. The Morgan fingerprint density at radius 1 is 1.13 bits per heavy atom. The molecular weight excluding hydrogens is 474 g/mol. The number of carbonyl (C=O) groups excluding carboxylic acids is 1. The third-order valence-electron chi connectivity index (χ3n) is 7.18. The van der Waals surface area contributed by atoms with Crippen LogP contribution in [0.25, 0.3) is 5.57 Å². The first-order valence-electron chi connectivity index (χ1n) is 13.5. The third-order valence-corrected chi connectivity index (χ3v) is 7.18. The zero-order chi connectivity index (χ0) is 28.0. The molecule has 6 heteroatoms. The molecule has 0 saturated carbocycles. The first kappa shape index (κ1) is 29.2. The summed E-state index contributed by atoms with van der Waals surface area (Å²) in [5.41, 5.74) is 8.72. The van der Waals surface area contributed by atoms with Crippen LogP contribution in [-0.4, -0.2) is 36.7 Å². The van der Waals surface area contributed by atoms with Gasteiger partial charge in [0.05, 0.1) is 0 Å². The SMILES string of the molecule is C=C(C)C(=CC=C(C)C)c1cc(C(=O)NCc2c(C)cc(C)[nH]c2=O)c(C)c(N(CC)C2CCOCC2)c1. The van der Waals surface area contributed by atoms with E-state index in [1.54, 1.807) is 0 Å². The minimum Gasteiger partial charge on any atom is -0.381 e. The van der Waals surface area contributed by atoms with Gasteiger partial charge in [0.1, 0.15) is 0 Å². The molecule has 0 bridgehead atoms. The van der Waals surface area contributed by atoms with Crippen molar-refractivity contribution < 1.29 is 9.53 Å². The molecule has 2 N–H and O–H groups in total. The Morgan fingerprint density at radius 3 is 2.39 bits per heavy atom. The molecule has 2 heterocycles. The van der Waals surface area contributed by atoms with Gasteiger partial charge in [0.15, 0.2) is 0 Å². The van der Waals surface area contributed by atoms with Gasteiger partial charge in [-0.15, -0.1) is 0 Å². The van der Waals surface area contributed by atoms with Gasteiger partial charge in [-0.25, -0.2) is 0 Å². The number of allylic oxidation sites excluding steroid dienone is 5. The molecule has 1 aliphatic rings. The fourth-order valence-corrected chi connectivity index (χ4v) is 5.11. The highest BCUT2D eigenvalue weighted by Crippen LogP contribution is 2.34. The van der Waals surface area contributed by atoms with E-state index < -0.39 is 0 Å². The highest BCUT2D eigenvalue weighted by Gasteiger charge is 2.25.